The molecule has 0 aromatic carbocycles. The lowest BCUT2D eigenvalue weighted by Gasteiger charge is -2.22. The van der Waals surface area contributed by atoms with Gasteiger partial charge in [0.25, 0.3) is 5.91 Å². The fourth-order valence-corrected chi connectivity index (χ4v) is 2.34. The Kier molecular flexibility index (Phi) is 3.61. The Morgan fingerprint density at radius 3 is 2.71 bits per heavy atom. The van der Waals surface area contributed by atoms with Gasteiger partial charge in [0, 0.05) is 17.3 Å². The Hall–Kier alpha value is -1.58. The maximum absolute atomic E-state index is 12.0. The van der Waals surface area contributed by atoms with E-state index in [4.69, 9.17) is 5.73 Å². The number of hydrogen-bond acceptors (Lipinski definition) is 3. The number of anilines is 1. The molecule has 1 aliphatic carbocycles. The van der Waals surface area contributed by atoms with Gasteiger partial charge in [-0.25, -0.2) is 4.98 Å². The van der Waals surface area contributed by atoms with Crippen molar-refractivity contribution in [3.63, 3.8) is 0 Å². The van der Waals surface area contributed by atoms with Crippen LogP contribution in [0, 0.1) is 6.92 Å². The van der Waals surface area contributed by atoms with Gasteiger partial charge < -0.3 is 11.1 Å². The maximum atomic E-state index is 12.0. The maximum Gasteiger partial charge on any atom is 0.251 e. The molecule has 1 amide bonds. The summed E-state index contributed by atoms with van der Waals surface area (Å²) in [7, 11) is 0. The molecule has 0 atom stereocenters. The molecule has 3 N–H and O–H groups in total. The van der Waals surface area contributed by atoms with Crippen LogP contribution in [0.3, 0.4) is 0 Å². The van der Waals surface area contributed by atoms with Crippen LogP contribution in [-0.2, 0) is 0 Å². The first-order chi connectivity index (χ1) is 8.15. The van der Waals surface area contributed by atoms with Crippen LogP contribution >= 0.6 is 0 Å². The Morgan fingerprint density at radius 1 is 1.35 bits per heavy atom. The van der Waals surface area contributed by atoms with Gasteiger partial charge in [0.2, 0.25) is 0 Å². The van der Waals surface area contributed by atoms with Gasteiger partial charge in [-0.15, -0.1) is 0 Å². The zero-order valence-electron chi connectivity index (χ0n) is 10.2. The quantitative estimate of drug-likeness (QED) is 0.821. The summed E-state index contributed by atoms with van der Waals surface area (Å²) in [5.74, 6) is 0.368. The molecular weight excluding hydrogens is 214 g/mol. The topological polar surface area (TPSA) is 68.0 Å². The summed E-state index contributed by atoms with van der Waals surface area (Å²) in [5.41, 5.74) is 7.03. The number of rotatable bonds is 2. The molecule has 1 saturated carbocycles. The number of aromatic nitrogens is 1. The highest BCUT2D eigenvalue weighted by atomic mass is 16.1. The zero-order chi connectivity index (χ0) is 12.3. The first kappa shape index (κ1) is 11.9. The lowest BCUT2D eigenvalue weighted by molar-refractivity contribution is 0.0927. The molecule has 1 fully saturated rings. The molecule has 4 heteroatoms. The molecular formula is C13H19N3O. The number of nitrogens with zero attached hydrogens (tertiary/aromatic N) is 1. The van der Waals surface area contributed by atoms with Gasteiger partial charge in [-0.3, -0.25) is 4.79 Å². The van der Waals surface area contributed by atoms with Crippen LogP contribution in [0.25, 0.3) is 0 Å². The van der Waals surface area contributed by atoms with E-state index in [1.807, 2.05) is 6.92 Å². The van der Waals surface area contributed by atoms with Crippen LogP contribution in [0.5, 0.6) is 0 Å². The molecule has 92 valence electrons. The van der Waals surface area contributed by atoms with Crippen molar-refractivity contribution >= 4 is 11.7 Å². The van der Waals surface area contributed by atoms with E-state index in [0.29, 0.717) is 17.4 Å². The summed E-state index contributed by atoms with van der Waals surface area (Å²) in [6.07, 6.45) is 5.88. The van der Waals surface area contributed by atoms with E-state index in [1.54, 1.807) is 12.1 Å². The SMILES string of the molecule is Cc1cc(C(=O)NC2CCCCC2)cc(N)n1. The minimum absolute atomic E-state index is 0.0332. The van der Waals surface area contributed by atoms with Crippen molar-refractivity contribution < 1.29 is 4.79 Å². The van der Waals surface area contributed by atoms with Crippen molar-refractivity contribution in [2.45, 2.75) is 45.1 Å². The predicted molar refractivity (Wildman–Crippen MR) is 67.7 cm³/mol. The van der Waals surface area contributed by atoms with Crippen molar-refractivity contribution in [2.24, 2.45) is 0 Å². The van der Waals surface area contributed by atoms with E-state index in [-0.39, 0.29) is 5.91 Å². The van der Waals surface area contributed by atoms with Gasteiger partial charge in [0.15, 0.2) is 0 Å². The lowest BCUT2D eigenvalue weighted by Crippen LogP contribution is -2.36. The highest BCUT2D eigenvalue weighted by Crippen LogP contribution is 2.18. The van der Waals surface area contributed by atoms with Crippen molar-refractivity contribution in [1.29, 1.82) is 0 Å². The summed E-state index contributed by atoms with van der Waals surface area (Å²) < 4.78 is 0. The summed E-state index contributed by atoms with van der Waals surface area (Å²) in [5, 5.41) is 3.07. The van der Waals surface area contributed by atoms with Crippen molar-refractivity contribution in [3.05, 3.63) is 23.4 Å². The number of aryl methyl sites for hydroxylation is 1. The molecule has 2 rings (SSSR count). The van der Waals surface area contributed by atoms with E-state index in [1.165, 1.54) is 19.3 Å². The van der Waals surface area contributed by atoms with Gasteiger partial charge in [0.1, 0.15) is 5.82 Å². The lowest BCUT2D eigenvalue weighted by atomic mass is 9.95. The highest BCUT2D eigenvalue weighted by Gasteiger charge is 2.16. The third kappa shape index (κ3) is 3.19. The monoisotopic (exact) mass is 233 g/mol. The molecule has 17 heavy (non-hydrogen) atoms. The summed E-state index contributed by atoms with van der Waals surface area (Å²) in [4.78, 5) is 16.1. The molecule has 0 radical (unpaired) electrons. The van der Waals surface area contributed by atoms with E-state index >= 15 is 0 Å². The number of carbonyl (C=O) groups excluding carboxylic acids is 1. The van der Waals surface area contributed by atoms with Crippen molar-refractivity contribution in [2.75, 3.05) is 5.73 Å². The summed E-state index contributed by atoms with van der Waals surface area (Å²) >= 11 is 0. The number of amides is 1. The van der Waals surface area contributed by atoms with E-state index < -0.39 is 0 Å². The van der Waals surface area contributed by atoms with Crippen LogP contribution in [0.2, 0.25) is 0 Å². The number of nitrogen functional groups attached to an aromatic ring is 1. The third-order valence-electron chi connectivity index (χ3n) is 3.18. The van der Waals surface area contributed by atoms with Crippen molar-refractivity contribution in [1.82, 2.24) is 10.3 Å². The first-order valence-electron chi connectivity index (χ1n) is 6.20. The molecule has 0 spiro atoms. The second-order valence-corrected chi connectivity index (χ2v) is 4.73. The molecule has 4 nitrogen and oxygen atoms in total. The smallest absolute Gasteiger partial charge is 0.251 e. The van der Waals surface area contributed by atoms with Gasteiger partial charge >= 0.3 is 0 Å². The highest BCUT2D eigenvalue weighted by molar-refractivity contribution is 5.95. The second kappa shape index (κ2) is 5.17. The minimum atomic E-state index is -0.0332. The Morgan fingerprint density at radius 2 is 2.06 bits per heavy atom. The standard InChI is InChI=1S/C13H19N3O/c1-9-7-10(8-12(14)15-9)13(17)16-11-5-3-2-4-6-11/h7-8,11H,2-6H2,1H3,(H2,14,15)(H,16,17). The normalized spacial score (nSPS) is 16.8. The molecule has 1 aromatic rings. The first-order valence-corrected chi connectivity index (χ1v) is 6.20. The van der Waals surface area contributed by atoms with Crippen LogP contribution in [0.1, 0.15) is 48.2 Å². The molecule has 0 bridgehead atoms. The summed E-state index contributed by atoms with van der Waals surface area (Å²) in [6, 6.07) is 3.73. The number of nitrogens with two attached hydrogens (primary N) is 1. The molecule has 0 saturated heterocycles. The van der Waals surface area contributed by atoms with Crippen molar-refractivity contribution in [3.8, 4) is 0 Å². The molecule has 1 heterocycles. The largest absolute Gasteiger partial charge is 0.384 e. The number of pyridine rings is 1. The van der Waals surface area contributed by atoms with Crippen LogP contribution in [-0.4, -0.2) is 16.9 Å². The summed E-state index contributed by atoms with van der Waals surface area (Å²) in [6.45, 7) is 1.84. The number of nitrogens with one attached hydrogen (secondary N) is 1. The van der Waals surface area contributed by atoms with Crippen LogP contribution in [0.15, 0.2) is 12.1 Å². The predicted octanol–water partition coefficient (Wildman–Crippen LogP) is 2.03. The Balaban J connectivity index is 2.03. The Bertz CT molecular complexity index is 391. The average molecular weight is 233 g/mol. The minimum Gasteiger partial charge on any atom is -0.384 e. The van der Waals surface area contributed by atoms with Gasteiger partial charge in [-0.2, -0.15) is 0 Å². The molecule has 1 aliphatic rings. The molecule has 0 aliphatic heterocycles. The van der Waals surface area contributed by atoms with Gasteiger partial charge in [0.05, 0.1) is 0 Å². The Labute approximate surface area is 102 Å². The second-order valence-electron chi connectivity index (χ2n) is 4.73. The van der Waals surface area contributed by atoms with Gasteiger partial charge in [-0.05, 0) is 31.9 Å². The molecule has 1 aromatic heterocycles. The number of carbonyl (C=O) groups is 1. The average Bonchev–Trinajstić information content (AvgIpc) is 2.29. The third-order valence-corrected chi connectivity index (χ3v) is 3.18. The fraction of sp³-hybridized carbons (Fsp3) is 0.538. The fourth-order valence-electron chi connectivity index (χ4n) is 2.34. The van der Waals surface area contributed by atoms with E-state index in [0.717, 1.165) is 18.5 Å². The zero-order valence-corrected chi connectivity index (χ0v) is 10.2. The van der Waals surface area contributed by atoms with E-state index in [2.05, 4.69) is 10.3 Å². The molecule has 0 unspecified atom stereocenters. The van der Waals surface area contributed by atoms with E-state index in [9.17, 15) is 4.79 Å². The van der Waals surface area contributed by atoms with Gasteiger partial charge in [-0.1, -0.05) is 19.3 Å². The van der Waals surface area contributed by atoms with Crippen LogP contribution < -0.4 is 11.1 Å². The van der Waals surface area contributed by atoms with Crippen LogP contribution in [0.4, 0.5) is 5.82 Å². The number of hydrogen-bond donors (Lipinski definition) is 2.